The molecule has 118 valence electrons. The summed E-state index contributed by atoms with van der Waals surface area (Å²) in [6.45, 7) is 5.44. The fourth-order valence-electron chi connectivity index (χ4n) is 2.40. The highest BCUT2D eigenvalue weighted by molar-refractivity contribution is 14.0. The van der Waals surface area contributed by atoms with Crippen molar-refractivity contribution in [2.75, 3.05) is 6.54 Å². The maximum atomic E-state index is 13.6. The molecule has 2 atom stereocenters. The van der Waals surface area contributed by atoms with Crippen LogP contribution in [0.3, 0.4) is 0 Å². The summed E-state index contributed by atoms with van der Waals surface area (Å²) in [5.41, 5.74) is 0.630. The van der Waals surface area contributed by atoms with Crippen molar-refractivity contribution in [2.45, 2.75) is 45.7 Å². The Morgan fingerprint density at radius 3 is 2.76 bits per heavy atom. The molecule has 1 aliphatic rings. The van der Waals surface area contributed by atoms with Crippen LogP contribution in [-0.4, -0.2) is 18.5 Å². The van der Waals surface area contributed by atoms with Crippen LogP contribution in [0, 0.1) is 11.7 Å². The lowest BCUT2D eigenvalue weighted by Crippen LogP contribution is -2.39. The van der Waals surface area contributed by atoms with Crippen molar-refractivity contribution in [3.8, 4) is 0 Å². The minimum absolute atomic E-state index is 0. The quantitative estimate of drug-likeness (QED) is 0.430. The first kappa shape index (κ1) is 18.2. The number of rotatable bonds is 6. The first-order valence-corrected chi connectivity index (χ1v) is 7.52. The van der Waals surface area contributed by atoms with Crippen LogP contribution >= 0.6 is 24.0 Å². The fraction of sp³-hybridized carbons (Fsp3) is 0.562. The second-order valence-electron chi connectivity index (χ2n) is 5.32. The maximum absolute atomic E-state index is 13.6. The van der Waals surface area contributed by atoms with Gasteiger partial charge in [-0.25, -0.2) is 9.38 Å². The Balaban J connectivity index is 0.00000220. The van der Waals surface area contributed by atoms with Crippen molar-refractivity contribution in [2.24, 2.45) is 10.9 Å². The molecule has 3 nitrogen and oxygen atoms in total. The lowest BCUT2D eigenvalue weighted by Gasteiger charge is -2.11. The highest BCUT2D eigenvalue weighted by Crippen LogP contribution is 2.34. The SMILES string of the molecule is CCCC1CC1NC(=NCc1ccccc1F)NCC.I. The molecule has 2 rings (SSSR count). The smallest absolute Gasteiger partial charge is 0.191 e. The van der Waals surface area contributed by atoms with E-state index >= 15 is 0 Å². The number of nitrogens with zero attached hydrogens (tertiary/aromatic N) is 1. The van der Waals surface area contributed by atoms with Crippen LogP contribution in [0.4, 0.5) is 4.39 Å². The average Bonchev–Trinajstić information content (AvgIpc) is 3.16. The van der Waals surface area contributed by atoms with E-state index in [1.54, 1.807) is 12.1 Å². The highest BCUT2D eigenvalue weighted by atomic mass is 127. The van der Waals surface area contributed by atoms with Crippen LogP contribution in [0.1, 0.15) is 38.7 Å². The number of nitrogens with one attached hydrogen (secondary N) is 2. The molecule has 0 saturated heterocycles. The van der Waals surface area contributed by atoms with Gasteiger partial charge in [0, 0.05) is 18.2 Å². The molecule has 1 aliphatic carbocycles. The first-order chi connectivity index (χ1) is 9.74. The van der Waals surface area contributed by atoms with Gasteiger partial charge in [-0.2, -0.15) is 0 Å². The predicted molar refractivity (Wildman–Crippen MR) is 96.6 cm³/mol. The second-order valence-corrected chi connectivity index (χ2v) is 5.32. The lowest BCUT2D eigenvalue weighted by atomic mass is 10.2. The molecular weight excluding hydrogens is 380 g/mol. The van der Waals surface area contributed by atoms with Crippen molar-refractivity contribution in [3.63, 3.8) is 0 Å². The van der Waals surface area contributed by atoms with Crippen LogP contribution in [0.25, 0.3) is 0 Å². The summed E-state index contributed by atoms with van der Waals surface area (Å²) in [6, 6.07) is 7.33. The number of halogens is 2. The summed E-state index contributed by atoms with van der Waals surface area (Å²) in [7, 11) is 0. The number of benzene rings is 1. The molecule has 1 fully saturated rings. The number of aliphatic imine (C=N–C) groups is 1. The molecule has 1 aromatic rings. The van der Waals surface area contributed by atoms with Crippen molar-refractivity contribution in [3.05, 3.63) is 35.6 Å². The maximum Gasteiger partial charge on any atom is 0.191 e. The van der Waals surface area contributed by atoms with Crippen LogP contribution in [0.2, 0.25) is 0 Å². The van der Waals surface area contributed by atoms with Crippen LogP contribution in [0.15, 0.2) is 29.3 Å². The number of hydrogen-bond donors (Lipinski definition) is 2. The van der Waals surface area contributed by atoms with E-state index in [2.05, 4.69) is 22.5 Å². The monoisotopic (exact) mass is 405 g/mol. The van der Waals surface area contributed by atoms with Gasteiger partial charge in [0.25, 0.3) is 0 Å². The Labute approximate surface area is 143 Å². The Morgan fingerprint density at radius 1 is 1.33 bits per heavy atom. The van der Waals surface area contributed by atoms with Crippen LogP contribution in [0.5, 0.6) is 0 Å². The summed E-state index contributed by atoms with van der Waals surface area (Å²) >= 11 is 0. The van der Waals surface area contributed by atoms with E-state index in [4.69, 9.17) is 0 Å². The predicted octanol–water partition coefficient (Wildman–Crippen LogP) is 3.69. The molecule has 0 bridgehead atoms. The van der Waals surface area contributed by atoms with Crippen molar-refractivity contribution >= 4 is 29.9 Å². The van der Waals surface area contributed by atoms with Gasteiger partial charge in [-0.15, -0.1) is 24.0 Å². The summed E-state index contributed by atoms with van der Waals surface area (Å²) in [4.78, 5) is 4.47. The zero-order chi connectivity index (χ0) is 14.4. The Morgan fingerprint density at radius 2 is 2.10 bits per heavy atom. The zero-order valence-corrected chi connectivity index (χ0v) is 15.1. The van der Waals surface area contributed by atoms with Gasteiger partial charge in [0.2, 0.25) is 0 Å². The normalized spacial score (nSPS) is 20.6. The topological polar surface area (TPSA) is 36.4 Å². The van der Waals surface area contributed by atoms with E-state index in [1.165, 1.54) is 25.3 Å². The van der Waals surface area contributed by atoms with Gasteiger partial charge in [-0.05, 0) is 31.7 Å². The first-order valence-electron chi connectivity index (χ1n) is 7.52. The Bertz CT molecular complexity index is 465. The third kappa shape index (κ3) is 5.80. The molecule has 0 heterocycles. The van der Waals surface area contributed by atoms with Crippen LogP contribution in [-0.2, 0) is 6.54 Å². The zero-order valence-electron chi connectivity index (χ0n) is 12.7. The van der Waals surface area contributed by atoms with Crippen molar-refractivity contribution in [1.29, 1.82) is 0 Å². The fourth-order valence-corrected chi connectivity index (χ4v) is 2.40. The largest absolute Gasteiger partial charge is 0.357 e. The van der Waals surface area contributed by atoms with Gasteiger partial charge in [-0.3, -0.25) is 0 Å². The van der Waals surface area contributed by atoms with E-state index in [-0.39, 0.29) is 29.8 Å². The highest BCUT2D eigenvalue weighted by Gasteiger charge is 2.36. The van der Waals surface area contributed by atoms with Gasteiger partial charge >= 0.3 is 0 Å². The van der Waals surface area contributed by atoms with E-state index < -0.39 is 0 Å². The molecule has 21 heavy (non-hydrogen) atoms. The molecule has 5 heteroatoms. The summed E-state index contributed by atoms with van der Waals surface area (Å²) < 4.78 is 13.6. The van der Waals surface area contributed by atoms with Gasteiger partial charge in [-0.1, -0.05) is 31.5 Å². The summed E-state index contributed by atoms with van der Waals surface area (Å²) in [5, 5.41) is 6.66. The van der Waals surface area contributed by atoms with E-state index in [1.807, 2.05) is 13.0 Å². The minimum Gasteiger partial charge on any atom is -0.357 e. The van der Waals surface area contributed by atoms with Crippen LogP contribution < -0.4 is 10.6 Å². The molecule has 0 radical (unpaired) electrons. The minimum atomic E-state index is -0.192. The standard InChI is InChI=1S/C16H24FN3.HI/c1-3-7-12-10-15(12)20-16(18-4-2)19-11-13-8-5-6-9-14(13)17;/h5-6,8-9,12,15H,3-4,7,10-11H2,1-2H3,(H2,18,19,20);1H. The Kier molecular flexibility index (Phi) is 8.00. The summed E-state index contributed by atoms with van der Waals surface area (Å²) in [6.07, 6.45) is 3.72. The lowest BCUT2D eigenvalue weighted by molar-refractivity contribution is 0.609. The van der Waals surface area contributed by atoms with E-state index in [0.717, 1.165) is 18.4 Å². The molecule has 1 saturated carbocycles. The van der Waals surface area contributed by atoms with Crippen molar-refractivity contribution < 1.29 is 4.39 Å². The third-order valence-electron chi connectivity index (χ3n) is 3.61. The van der Waals surface area contributed by atoms with Gasteiger partial charge in [0.1, 0.15) is 5.82 Å². The Hall–Kier alpha value is -0.850. The van der Waals surface area contributed by atoms with Gasteiger partial charge in [0.05, 0.1) is 6.54 Å². The molecule has 2 unspecified atom stereocenters. The molecule has 0 spiro atoms. The van der Waals surface area contributed by atoms with E-state index in [0.29, 0.717) is 18.2 Å². The summed E-state index contributed by atoms with van der Waals surface area (Å²) in [5.74, 6) is 1.37. The third-order valence-corrected chi connectivity index (χ3v) is 3.61. The second kappa shape index (κ2) is 9.23. The van der Waals surface area contributed by atoms with Gasteiger partial charge in [0.15, 0.2) is 5.96 Å². The molecular formula is C16H25FIN3. The average molecular weight is 405 g/mol. The molecule has 2 N–H and O–H groups in total. The number of guanidine groups is 1. The number of hydrogen-bond acceptors (Lipinski definition) is 1. The van der Waals surface area contributed by atoms with Crippen molar-refractivity contribution in [1.82, 2.24) is 10.6 Å². The molecule has 0 amide bonds. The van der Waals surface area contributed by atoms with Gasteiger partial charge < -0.3 is 10.6 Å². The van der Waals surface area contributed by atoms with E-state index in [9.17, 15) is 4.39 Å². The molecule has 0 aliphatic heterocycles. The molecule has 1 aromatic carbocycles. The molecule has 0 aromatic heterocycles.